The summed E-state index contributed by atoms with van der Waals surface area (Å²) in [6, 6.07) is 8.29. The molecule has 0 aliphatic carbocycles. The number of aromatic hydroxyl groups is 1. The second kappa shape index (κ2) is 6.87. The van der Waals surface area contributed by atoms with Gasteiger partial charge in [-0.3, -0.25) is 10.1 Å². The molecule has 2 aromatic rings. The standard InChI is InChI=1S/C16H17NO6/c1-21-12-5-7-13(22-2)11(9-12)8-10-4-6-14(23-3)15(16(10)18)17(19)20/h4-7,9,18H,8H2,1-3H3. The van der Waals surface area contributed by atoms with Crippen LogP contribution in [0.3, 0.4) is 0 Å². The molecule has 7 heteroatoms. The molecule has 0 aliphatic heterocycles. The van der Waals surface area contributed by atoms with E-state index in [0.717, 1.165) is 5.56 Å². The molecular formula is C16H17NO6. The predicted molar refractivity (Wildman–Crippen MR) is 83.7 cm³/mol. The lowest BCUT2D eigenvalue weighted by molar-refractivity contribution is -0.386. The fraction of sp³-hybridized carbons (Fsp3) is 0.250. The van der Waals surface area contributed by atoms with E-state index in [1.807, 2.05) is 0 Å². The normalized spacial score (nSPS) is 10.2. The van der Waals surface area contributed by atoms with Gasteiger partial charge in [-0.05, 0) is 24.3 Å². The number of nitro groups is 1. The highest BCUT2D eigenvalue weighted by Crippen LogP contribution is 2.40. The lowest BCUT2D eigenvalue weighted by Gasteiger charge is -2.12. The molecule has 0 aliphatic rings. The number of ether oxygens (including phenoxy) is 3. The molecule has 0 aromatic heterocycles. The van der Waals surface area contributed by atoms with Crippen LogP contribution in [-0.4, -0.2) is 31.4 Å². The van der Waals surface area contributed by atoms with Crippen LogP contribution in [0.5, 0.6) is 23.0 Å². The molecule has 0 saturated heterocycles. The molecular weight excluding hydrogens is 302 g/mol. The van der Waals surface area contributed by atoms with Gasteiger partial charge in [-0.1, -0.05) is 6.07 Å². The van der Waals surface area contributed by atoms with Crippen molar-refractivity contribution in [3.63, 3.8) is 0 Å². The molecule has 0 heterocycles. The first-order valence-corrected chi connectivity index (χ1v) is 6.76. The van der Waals surface area contributed by atoms with Crippen molar-refractivity contribution >= 4 is 5.69 Å². The number of benzene rings is 2. The van der Waals surface area contributed by atoms with Crippen LogP contribution in [0.25, 0.3) is 0 Å². The highest BCUT2D eigenvalue weighted by molar-refractivity contribution is 5.61. The van der Waals surface area contributed by atoms with Gasteiger partial charge in [0.2, 0.25) is 11.5 Å². The van der Waals surface area contributed by atoms with Gasteiger partial charge < -0.3 is 19.3 Å². The number of phenols is 1. The summed E-state index contributed by atoms with van der Waals surface area (Å²) in [7, 11) is 4.38. The summed E-state index contributed by atoms with van der Waals surface area (Å²) in [5.74, 6) is 0.819. The molecule has 0 fully saturated rings. The summed E-state index contributed by atoms with van der Waals surface area (Å²) in [4.78, 5) is 10.5. The Balaban J connectivity index is 2.49. The van der Waals surface area contributed by atoms with Gasteiger partial charge in [0.05, 0.1) is 26.3 Å². The first-order valence-electron chi connectivity index (χ1n) is 6.76. The third-order valence-electron chi connectivity index (χ3n) is 3.47. The maximum absolute atomic E-state index is 11.2. The average molecular weight is 319 g/mol. The Hall–Kier alpha value is -2.96. The molecule has 1 N–H and O–H groups in total. The van der Waals surface area contributed by atoms with E-state index in [2.05, 4.69) is 0 Å². The summed E-state index contributed by atoms with van der Waals surface area (Å²) < 4.78 is 15.4. The molecule has 0 amide bonds. The Bertz CT molecular complexity index is 729. The van der Waals surface area contributed by atoms with Gasteiger partial charge in [0, 0.05) is 17.5 Å². The fourth-order valence-electron chi connectivity index (χ4n) is 2.31. The molecule has 0 unspecified atom stereocenters. The molecule has 0 spiro atoms. The van der Waals surface area contributed by atoms with Crippen LogP contribution in [0, 0.1) is 10.1 Å². The third-order valence-corrected chi connectivity index (χ3v) is 3.47. The molecule has 122 valence electrons. The Morgan fingerprint density at radius 2 is 1.65 bits per heavy atom. The summed E-state index contributed by atoms with van der Waals surface area (Å²) in [6.45, 7) is 0. The maximum Gasteiger partial charge on any atom is 0.352 e. The van der Waals surface area contributed by atoms with Crippen molar-refractivity contribution in [3.05, 3.63) is 51.6 Å². The van der Waals surface area contributed by atoms with Crippen LogP contribution in [0.1, 0.15) is 11.1 Å². The molecule has 0 saturated carbocycles. The van der Waals surface area contributed by atoms with Crippen LogP contribution < -0.4 is 14.2 Å². The molecule has 0 bridgehead atoms. The number of hydrogen-bond acceptors (Lipinski definition) is 6. The Kier molecular flexibility index (Phi) is 4.90. The van der Waals surface area contributed by atoms with Crippen LogP contribution in [-0.2, 0) is 6.42 Å². The summed E-state index contributed by atoms with van der Waals surface area (Å²) in [5.41, 5.74) is 0.678. The summed E-state index contributed by atoms with van der Waals surface area (Å²) in [5, 5.41) is 21.4. The lowest BCUT2D eigenvalue weighted by atomic mass is 10.0. The number of rotatable bonds is 6. The van der Waals surface area contributed by atoms with Gasteiger partial charge in [0.1, 0.15) is 11.5 Å². The minimum atomic E-state index is -0.666. The van der Waals surface area contributed by atoms with E-state index < -0.39 is 16.4 Å². The van der Waals surface area contributed by atoms with Crippen LogP contribution in [0.4, 0.5) is 5.69 Å². The second-order valence-electron chi connectivity index (χ2n) is 4.74. The van der Waals surface area contributed by atoms with Gasteiger partial charge in [-0.25, -0.2) is 0 Å². The Morgan fingerprint density at radius 1 is 1.00 bits per heavy atom. The van der Waals surface area contributed by atoms with Crippen molar-refractivity contribution in [1.82, 2.24) is 0 Å². The minimum Gasteiger partial charge on any atom is -0.502 e. The summed E-state index contributed by atoms with van der Waals surface area (Å²) >= 11 is 0. The molecule has 7 nitrogen and oxygen atoms in total. The zero-order valence-corrected chi connectivity index (χ0v) is 13.0. The van der Waals surface area contributed by atoms with E-state index in [1.165, 1.54) is 20.3 Å². The first kappa shape index (κ1) is 16.4. The minimum absolute atomic E-state index is 0.00820. The van der Waals surface area contributed by atoms with Crippen molar-refractivity contribution in [2.45, 2.75) is 6.42 Å². The zero-order valence-electron chi connectivity index (χ0n) is 13.0. The van der Waals surface area contributed by atoms with Gasteiger partial charge in [-0.2, -0.15) is 0 Å². The molecule has 2 aromatic carbocycles. The van der Waals surface area contributed by atoms with Gasteiger partial charge in [0.25, 0.3) is 0 Å². The topological polar surface area (TPSA) is 91.1 Å². The third kappa shape index (κ3) is 3.28. The van der Waals surface area contributed by atoms with Crippen molar-refractivity contribution in [3.8, 4) is 23.0 Å². The molecule has 0 atom stereocenters. The highest BCUT2D eigenvalue weighted by atomic mass is 16.6. The SMILES string of the molecule is COc1ccc(OC)c(Cc2ccc(OC)c([N+](=O)[O-])c2O)c1. The maximum atomic E-state index is 11.2. The smallest absolute Gasteiger partial charge is 0.352 e. The van der Waals surface area contributed by atoms with E-state index >= 15 is 0 Å². The quantitative estimate of drug-likeness (QED) is 0.650. The molecule has 23 heavy (non-hydrogen) atoms. The average Bonchev–Trinajstić information content (AvgIpc) is 2.55. The predicted octanol–water partition coefficient (Wildman–Crippen LogP) is 2.92. The fourth-order valence-corrected chi connectivity index (χ4v) is 2.31. The second-order valence-corrected chi connectivity index (χ2v) is 4.74. The van der Waals surface area contributed by atoms with E-state index in [0.29, 0.717) is 17.1 Å². The lowest BCUT2D eigenvalue weighted by Crippen LogP contribution is -1.99. The monoisotopic (exact) mass is 319 g/mol. The number of methoxy groups -OCH3 is 3. The van der Waals surface area contributed by atoms with E-state index in [1.54, 1.807) is 31.4 Å². The van der Waals surface area contributed by atoms with Crippen molar-refractivity contribution in [1.29, 1.82) is 0 Å². The van der Waals surface area contributed by atoms with E-state index in [4.69, 9.17) is 14.2 Å². The highest BCUT2D eigenvalue weighted by Gasteiger charge is 2.24. The number of nitrogens with zero attached hydrogens (tertiary/aromatic N) is 1. The van der Waals surface area contributed by atoms with E-state index in [9.17, 15) is 15.2 Å². The van der Waals surface area contributed by atoms with Gasteiger partial charge in [-0.15, -0.1) is 0 Å². The van der Waals surface area contributed by atoms with E-state index in [-0.39, 0.29) is 12.2 Å². The van der Waals surface area contributed by atoms with Crippen LogP contribution >= 0.6 is 0 Å². The van der Waals surface area contributed by atoms with Crippen molar-refractivity contribution < 1.29 is 24.2 Å². The van der Waals surface area contributed by atoms with Crippen molar-refractivity contribution in [2.75, 3.05) is 21.3 Å². The Morgan fingerprint density at radius 3 is 2.22 bits per heavy atom. The molecule has 2 rings (SSSR count). The Labute approximate surface area is 133 Å². The zero-order chi connectivity index (χ0) is 17.0. The van der Waals surface area contributed by atoms with Gasteiger partial charge in [0.15, 0.2) is 0 Å². The number of hydrogen-bond donors (Lipinski definition) is 1. The van der Waals surface area contributed by atoms with Gasteiger partial charge >= 0.3 is 5.69 Å². The number of phenolic OH excluding ortho intramolecular Hbond substituents is 1. The van der Waals surface area contributed by atoms with Crippen molar-refractivity contribution in [2.24, 2.45) is 0 Å². The summed E-state index contributed by atoms with van der Waals surface area (Å²) in [6.07, 6.45) is 0.247. The number of nitro benzene ring substituents is 1. The van der Waals surface area contributed by atoms with Crippen LogP contribution in [0.15, 0.2) is 30.3 Å². The van der Waals surface area contributed by atoms with Crippen LogP contribution in [0.2, 0.25) is 0 Å². The molecule has 0 radical (unpaired) electrons. The largest absolute Gasteiger partial charge is 0.502 e. The first-order chi connectivity index (χ1) is 11.0.